The summed E-state index contributed by atoms with van der Waals surface area (Å²) in [7, 11) is 0. The largest absolute Gasteiger partial charge is 0.0651 e. The fourth-order valence-electron chi connectivity index (χ4n) is 2.56. The van der Waals surface area contributed by atoms with E-state index in [1.54, 1.807) is 5.56 Å². The van der Waals surface area contributed by atoms with Gasteiger partial charge in [-0.25, -0.2) is 0 Å². The van der Waals surface area contributed by atoms with Gasteiger partial charge in [0, 0.05) is 0 Å². The summed E-state index contributed by atoms with van der Waals surface area (Å²) in [6.07, 6.45) is 2.40. The molecule has 0 spiro atoms. The zero-order chi connectivity index (χ0) is 11.7. The number of hydrogen-bond acceptors (Lipinski definition) is 0. The van der Waals surface area contributed by atoms with Crippen LogP contribution in [0.3, 0.4) is 0 Å². The quantitative estimate of drug-likeness (QED) is 0.676. The molecule has 0 N–H and O–H groups in total. The summed E-state index contributed by atoms with van der Waals surface area (Å²) in [5.41, 5.74) is 5.93. The molecule has 0 fully saturated rings. The van der Waals surface area contributed by atoms with Crippen LogP contribution in [-0.4, -0.2) is 0 Å². The zero-order valence-electron chi connectivity index (χ0n) is 10.7. The first-order chi connectivity index (χ1) is 7.66. The highest BCUT2D eigenvalue weighted by Crippen LogP contribution is 2.30. The van der Waals surface area contributed by atoms with Crippen LogP contribution < -0.4 is 0 Å². The van der Waals surface area contributed by atoms with Gasteiger partial charge in [-0.15, -0.1) is 0 Å². The predicted molar refractivity (Wildman–Crippen MR) is 72.2 cm³/mol. The van der Waals surface area contributed by atoms with Gasteiger partial charge in [0.15, 0.2) is 0 Å². The smallest absolute Gasteiger partial charge is 0.0146 e. The Hall–Kier alpha value is -1.30. The molecule has 0 saturated heterocycles. The molecule has 84 valence electrons. The van der Waals surface area contributed by atoms with Crippen molar-refractivity contribution in [3.8, 4) is 0 Å². The summed E-state index contributed by atoms with van der Waals surface area (Å²) in [5.74, 6) is 0. The minimum atomic E-state index is 1.19. The van der Waals surface area contributed by atoms with Crippen LogP contribution in [0.15, 0.2) is 24.3 Å². The second-order valence-electron chi connectivity index (χ2n) is 4.65. The van der Waals surface area contributed by atoms with E-state index < -0.39 is 0 Å². The molecule has 0 bridgehead atoms. The Morgan fingerprint density at radius 1 is 0.812 bits per heavy atom. The third kappa shape index (κ3) is 1.63. The summed E-state index contributed by atoms with van der Waals surface area (Å²) in [6.45, 7) is 9.00. The number of aryl methyl sites for hydroxylation is 2. The minimum absolute atomic E-state index is 1.19. The molecule has 0 heterocycles. The molecule has 0 unspecified atom stereocenters. The van der Waals surface area contributed by atoms with Crippen LogP contribution in [0.5, 0.6) is 0 Å². The van der Waals surface area contributed by atoms with Crippen LogP contribution in [0.4, 0.5) is 0 Å². The van der Waals surface area contributed by atoms with Crippen molar-refractivity contribution in [3.63, 3.8) is 0 Å². The number of benzene rings is 2. The number of rotatable bonds is 2. The van der Waals surface area contributed by atoms with Gasteiger partial charge in [-0.2, -0.15) is 0 Å². The van der Waals surface area contributed by atoms with E-state index in [1.165, 1.54) is 40.3 Å². The highest BCUT2D eigenvalue weighted by molar-refractivity contribution is 5.90. The van der Waals surface area contributed by atoms with Crippen molar-refractivity contribution in [3.05, 3.63) is 46.5 Å². The van der Waals surface area contributed by atoms with Crippen molar-refractivity contribution in [2.45, 2.75) is 40.5 Å². The van der Waals surface area contributed by atoms with Gasteiger partial charge in [0.25, 0.3) is 0 Å². The molecule has 0 heteroatoms. The van der Waals surface area contributed by atoms with E-state index in [-0.39, 0.29) is 0 Å². The average molecular weight is 212 g/mol. The maximum atomic E-state index is 2.26. The normalized spacial score (nSPS) is 11.0. The average Bonchev–Trinajstić information content (AvgIpc) is 2.32. The van der Waals surface area contributed by atoms with Gasteiger partial charge in [0.2, 0.25) is 0 Å². The fraction of sp³-hybridized carbons (Fsp3) is 0.375. The topological polar surface area (TPSA) is 0 Å². The summed E-state index contributed by atoms with van der Waals surface area (Å²) in [4.78, 5) is 0. The van der Waals surface area contributed by atoms with Gasteiger partial charge in [-0.05, 0) is 60.2 Å². The van der Waals surface area contributed by atoms with Crippen molar-refractivity contribution < 1.29 is 0 Å². The van der Waals surface area contributed by atoms with Gasteiger partial charge in [0.1, 0.15) is 0 Å². The molecule has 0 nitrogen and oxygen atoms in total. The van der Waals surface area contributed by atoms with Gasteiger partial charge < -0.3 is 0 Å². The minimum Gasteiger partial charge on any atom is -0.0651 e. The van der Waals surface area contributed by atoms with Crippen LogP contribution in [0, 0.1) is 20.8 Å². The first-order valence-corrected chi connectivity index (χ1v) is 6.14. The maximum Gasteiger partial charge on any atom is -0.0146 e. The monoisotopic (exact) mass is 212 g/mol. The Morgan fingerprint density at radius 2 is 1.44 bits per heavy atom. The predicted octanol–water partition coefficient (Wildman–Crippen LogP) is 4.72. The molecule has 16 heavy (non-hydrogen) atoms. The van der Waals surface area contributed by atoms with E-state index in [1.807, 2.05) is 0 Å². The molecule has 0 aliphatic rings. The Bertz CT molecular complexity index is 521. The highest BCUT2D eigenvalue weighted by Gasteiger charge is 2.10. The molecular weight excluding hydrogens is 192 g/mol. The van der Waals surface area contributed by atoms with Crippen LogP contribution in [0.1, 0.15) is 35.6 Å². The van der Waals surface area contributed by atoms with E-state index in [2.05, 4.69) is 52.0 Å². The molecule has 0 saturated carbocycles. The van der Waals surface area contributed by atoms with Crippen molar-refractivity contribution in [2.24, 2.45) is 0 Å². The Kier molecular flexibility index (Phi) is 3.00. The van der Waals surface area contributed by atoms with E-state index in [0.717, 1.165) is 0 Å². The molecule has 0 amide bonds. The summed E-state index contributed by atoms with van der Waals surface area (Å²) in [6, 6.07) is 8.80. The maximum absolute atomic E-state index is 2.26. The van der Waals surface area contributed by atoms with Gasteiger partial charge in [-0.1, -0.05) is 37.6 Å². The van der Waals surface area contributed by atoms with Crippen molar-refractivity contribution in [1.82, 2.24) is 0 Å². The third-order valence-corrected chi connectivity index (χ3v) is 3.73. The molecule has 0 aliphatic carbocycles. The fourth-order valence-corrected chi connectivity index (χ4v) is 2.56. The van der Waals surface area contributed by atoms with Crippen LogP contribution in [-0.2, 0) is 6.42 Å². The molecule has 0 radical (unpaired) electrons. The third-order valence-electron chi connectivity index (χ3n) is 3.73. The van der Waals surface area contributed by atoms with E-state index in [0.29, 0.717) is 0 Å². The van der Waals surface area contributed by atoms with Gasteiger partial charge >= 0.3 is 0 Å². The van der Waals surface area contributed by atoms with Crippen LogP contribution in [0.2, 0.25) is 0 Å². The second kappa shape index (κ2) is 4.29. The lowest BCUT2D eigenvalue weighted by atomic mass is 9.89. The Balaban J connectivity index is 2.86. The summed E-state index contributed by atoms with van der Waals surface area (Å²) in [5, 5.41) is 2.87. The molecule has 0 aromatic heterocycles. The first kappa shape index (κ1) is 11.2. The molecule has 2 aromatic carbocycles. The molecule has 0 aliphatic heterocycles. The molecule has 0 atom stereocenters. The SMILES string of the molecule is CCCc1c(C)c(C)c(C)c2ccccc12. The lowest BCUT2D eigenvalue weighted by molar-refractivity contribution is 0.917. The summed E-state index contributed by atoms with van der Waals surface area (Å²) >= 11 is 0. The van der Waals surface area contributed by atoms with Gasteiger partial charge in [-0.3, -0.25) is 0 Å². The molecule has 2 aromatic rings. The standard InChI is InChI=1S/C16H20/c1-5-8-14-12(3)11(2)13(4)15-9-6-7-10-16(14)15/h6-7,9-10H,5,8H2,1-4H3. The number of hydrogen-bond donors (Lipinski definition) is 0. The first-order valence-electron chi connectivity index (χ1n) is 6.14. The zero-order valence-corrected chi connectivity index (χ0v) is 10.7. The Labute approximate surface area is 98.3 Å². The van der Waals surface area contributed by atoms with E-state index in [9.17, 15) is 0 Å². The van der Waals surface area contributed by atoms with Crippen LogP contribution in [0.25, 0.3) is 10.8 Å². The highest BCUT2D eigenvalue weighted by atomic mass is 14.1. The van der Waals surface area contributed by atoms with E-state index >= 15 is 0 Å². The molecular formula is C16H20. The summed E-state index contributed by atoms with van der Waals surface area (Å²) < 4.78 is 0. The molecule has 2 rings (SSSR count). The Morgan fingerprint density at radius 3 is 2.06 bits per heavy atom. The van der Waals surface area contributed by atoms with Crippen LogP contribution >= 0.6 is 0 Å². The number of fused-ring (bicyclic) bond motifs is 1. The lowest BCUT2D eigenvalue weighted by Crippen LogP contribution is -1.97. The van der Waals surface area contributed by atoms with E-state index in [4.69, 9.17) is 0 Å². The lowest BCUT2D eigenvalue weighted by Gasteiger charge is -2.16. The van der Waals surface area contributed by atoms with Crippen molar-refractivity contribution in [1.29, 1.82) is 0 Å². The van der Waals surface area contributed by atoms with Crippen molar-refractivity contribution >= 4 is 10.8 Å². The van der Waals surface area contributed by atoms with Crippen molar-refractivity contribution in [2.75, 3.05) is 0 Å². The van der Waals surface area contributed by atoms with Gasteiger partial charge in [0.05, 0.1) is 0 Å². The second-order valence-corrected chi connectivity index (χ2v) is 4.65.